The topological polar surface area (TPSA) is 12.0 Å². The van der Waals surface area contributed by atoms with Crippen molar-refractivity contribution in [3.8, 4) is 0 Å². The van der Waals surface area contributed by atoms with Crippen LogP contribution in [0.15, 0.2) is 17.5 Å². The Balaban J connectivity index is 2.47. The fourth-order valence-corrected chi connectivity index (χ4v) is 3.00. The van der Waals surface area contributed by atoms with Crippen LogP contribution in [-0.4, -0.2) is 18.1 Å². The van der Waals surface area contributed by atoms with E-state index >= 15 is 0 Å². The molecule has 0 aromatic carbocycles. The van der Waals surface area contributed by atoms with E-state index in [1.54, 1.807) is 0 Å². The Kier molecular flexibility index (Phi) is 5.60. The summed E-state index contributed by atoms with van der Waals surface area (Å²) in [6, 6.07) is 5.48. The van der Waals surface area contributed by atoms with Crippen molar-refractivity contribution in [2.75, 3.05) is 12.0 Å². The van der Waals surface area contributed by atoms with Crippen molar-refractivity contribution in [1.29, 1.82) is 0 Å². The summed E-state index contributed by atoms with van der Waals surface area (Å²) in [5.41, 5.74) is 0. The molecule has 0 saturated heterocycles. The average molecular weight is 229 g/mol. The lowest BCUT2D eigenvalue weighted by Crippen LogP contribution is -2.31. The fourth-order valence-electron chi connectivity index (χ4n) is 1.53. The summed E-state index contributed by atoms with van der Waals surface area (Å²) < 4.78 is 0. The Bertz CT molecular complexity index is 233. The lowest BCUT2D eigenvalue weighted by molar-refractivity contribution is 0.476. The molecule has 0 radical (unpaired) electrons. The lowest BCUT2D eigenvalue weighted by atomic mass is 10.1. The number of hydrogen-bond acceptors (Lipinski definition) is 3. The van der Waals surface area contributed by atoms with Crippen LogP contribution in [0.4, 0.5) is 0 Å². The first kappa shape index (κ1) is 12.1. The van der Waals surface area contributed by atoms with Crippen molar-refractivity contribution in [3.63, 3.8) is 0 Å². The first-order valence-electron chi connectivity index (χ1n) is 5.06. The molecule has 1 nitrogen and oxygen atoms in total. The molecule has 0 spiro atoms. The summed E-state index contributed by atoms with van der Waals surface area (Å²) in [4.78, 5) is 1.46. The van der Waals surface area contributed by atoms with E-state index in [-0.39, 0.29) is 0 Å². The lowest BCUT2D eigenvalue weighted by Gasteiger charge is -2.20. The van der Waals surface area contributed by atoms with Crippen LogP contribution in [0.2, 0.25) is 0 Å². The number of thiophene rings is 1. The van der Waals surface area contributed by atoms with E-state index in [1.807, 2.05) is 23.1 Å². The highest BCUT2D eigenvalue weighted by molar-refractivity contribution is 7.98. The zero-order valence-electron chi connectivity index (χ0n) is 9.12. The molecule has 0 fully saturated rings. The third-order valence-electron chi connectivity index (χ3n) is 2.20. The normalized spacial score (nSPS) is 15.4. The third-order valence-corrected chi connectivity index (χ3v) is 4.02. The van der Waals surface area contributed by atoms with E-state index in [0.29, 0.717) is 12.1 Å². The smallest absolute Gasteiger partial charge is 0.0414 e. The molecule has 1 N–H and O–H groups in total. The van der Waals surface area contributed by atoms with Gasteiger partial charge in [0, 0.05) is 22.7 Å². The van der Waals surface area contributed by atoms with Crippen molar-refractivity contribution in [2.45, 2.75) is 32.4 Å². The predicted octanol–water partition coefficient (Wildman–Crippen LogP) is 3.54. The fraction of sp³-hybridized carbons (Fsp3) is 0.636. The van der Waals surface area contributed by atoms with Crippen LogP contribution in [0, 0.1) is 0 Å². The van der Waals surface area contributed by atoms with Crippen molar-refractivity contribution < 1.29 is 0 Å². The van der Waals surface area contributed by atoms with Gasteiger partial charge in [0.25, 0.3) is 0 Å². The maximum atomic E-state index is 3.66. The van der Waals surface area contributed by atoms with Crippen LogP contribution in [-0.2, 0) is 0 Å². The number of nitrogens with one attached hydrogen (secondary N) is 1. The molecule has 2 atom stereocenters. The van der Waals surface area contributed by atoms with Crippen LogP contribution in [0.3, 0.4) is 0 Å². The highest BCUT2D eigenvalue weighted by Gasteiger charge is 2.12. The molecular formula is C11H19NS2. The van der Waals surface area contributed by atoms with Gasteiger partial charge in [-0.3, -0.25) is 0 Å². The van der Waals surface area contributed by atoms with Gasteiger partial charge < -0.3 is 5.32 Å². The first-order valence-corrected chi connectivity index (χ1v) is 7.33. The monoisotopic (exact) mass is 229 g/mol. The second-order valence-corrected chi connectivity index (χ2v) is 5.39. The maximum absolute atomic E-state index is 3.66. The highest BCUT2D eigenvalue weighted by Crippen LogP contribution is 2.22. The van der Waals surface area contributed by atoms with Crippen molar-refractivity contribution >= 4 is 23.1 Å². The van der Waals surface area contributed by atoms with Gasteiger partial charge in [0.15, 0.2) is 0 Å². The molecule has 0 aliphatic carbocycles. The zero-order chi connectivity index (χ0) is 10.4. The average Bonchev–Trinajstić information content (AvgIpc) is 2.67. The molecule has 80 valence electrons. The maximum Gasteiger partial charge on any atom is 0.0414 e. The minimum atomic E-state index is 0.539. The summed E-state index contributed by atoms with van der Waals surface area (Å²) in [5, 5.41) is 5.81. The van der Waals surface area contributed by atoms with Crippen LogP contribution in [0.25, 0.3) is 0 Å². The molecule has 0 amide bonds. The Morgan fingerprint density at radius 1 is 1.57 bits per heavy atom. The largest absolute Gasteiger partial charge is 0.306 e. The molecule has 1 aromatic heterocycles. The van der Waals surface area contributed by atoms with Crippen LogP contribution in [0.5, 0.6) is 0 Å². The van der Waals surface area contributed by atoms with Gasteiger partial charge in [-0.05, 0) is 31.0 Å². The molecule has 1 rings (SSSR count). The van der Waals surface area contributed by atoms with E-state index in [9.17, 15) is 0 Å². The Hall–Kier alpha value is 0.01000. The van der Waals surface area contributed by atoms with Gasteiger partial charge in [0.05, 0.1) is 0 Å². The van der Waals surface area contributed by atoms with Crippen molar-refractivity contribution in [2.24, 2.45) is 0 Å². The van der Waals surface area contributed by atoms with Gasteiger partial charge in [-0.2, -0.15) is 11.8 Å². The summed E-state index contributed by atoms with van der Waals surface area (Å²) in [5.74, 6) is 1.18. The zero-order valence-corrected chi connectivity index (χ0v) is 10.8. The van der Waals surface area contributed by atoms with E-state index < -0.39 is 0 Å². The molecule has 0 aliphatic rings. The number of hydrogen-bond donors (Lipinski definition) is 1. The van der Waals surface area contributed by atoms with E-state index in [2.05, 4.69) is 42.9 Å². The minimum Gasteiger partial charge on any atom is -0.306 e. The predicted molar refractivity (Wildman–Crippen MR) is 68.3 cm³/mol. The van der Waals surface area contributed by atoms with Crippen LogP contribution in [0.1, 0.15) is 31.2 Å². The summed E-state index contributed by atoms with van der Waals surface area (Å²) in [6.07, 6.45) is 3.32. The second kappa shape index (κ2) is 6.49. The molecule has 14 heavy (non-hydrogen) atoms. The van der Waals surface area contributed by atoms with Crippen molar-refractivity contribution in [3.05, 3.63) is 22.4 Å². The van der Waals surface area contributed by atoms with Gasteiger partial charge in [-0.1, -0.05) is 13.0 Å². The number of thioether (sulfide) groups is 1. The number of rotatable bonds is 6. The molecular weight excluding hydrogens is 210 g/mol. The van der Waals surface area contributed by atoms with Crippen LogP contribution >= 0.6 is 23.1 Å². The summed E-state index contributed by atoms with van der Waals surface area (Å²) >= 11 is 3.75. The molecule has 0 bridgehead atoms. The molecule has 1 aromatic rings. The third kappa shape index (κ3) is 3.64. The Morgan fingerprint density at radius 3 is 2.86 bits per heavy atom. The highest BCUT2D eigenvalue weighted by atomic mass is 32.2. The summed E-state index contributed by atoms with van der Waals surface area (Å²) in [6.45, 7) is 4.50. The van der Waals surface area contributed by atoms with E-state index in [4.69, 9.17) is 0 Å². The Labute approximate surface area is 95.3 Å². The standard InChI is InChI=1S/C11H19NS2/c1-4-10(11-6-5-7-14-11)12-9(2)8-13-3/h5-7,9-10,12H,4,8H2,1-3H3. The van der Waals surface area contributed by atoms with Gasteiger partial charge in [0.2, 0.25) is 0 Å². The van der Waals surface area contributed by atoms with Gasteiger partial charge in [-0.15, -0.1) is 11.3 Å². The first-order chi connectivity index (χ1) is 6.77. The van der Waals surface area contributed by atoms with Crippen molar-refractivity contribution in [1.82, 2.24) is 5.32 Å². The SMILES string of the molecule is CCC(NC(C)CSC)c1cccs1. The molecule has 2 unspecified atom stereocenters. The quantitative estimate of drug-likeness (QED) is 0.801. The molecule has 0 aliphatic heterocycles. The van der Waals surface area contributed by atoms with Gasteiger partial charge in [-0.25, -0.2) is 0 Å². The second-order valence-electron chi connectivity index (χ2n) is 3.50. The minimum absolute atomic E-state index is 0.539. The van der Waals surface area contributed by atoms with E-state index in [0.717, 1.165) is 0 Å². The molecule has 3 heteroatoms. The molecule has 0 saturated carbocycles. The van der Waals surface area contributed by atoms with Gasteiger partial charge >= 0.3 is 0 Å². The Morgan fingerprint density at radius 2 is 2.36 bits per heavy atom. The summed E-state index contributed by atoms with van der Waals surface area (Å²) in [7, 11) is 0. The van der Waals surface area contributed by atoms with Gasteiger partial charge in [0.1, 0.15) is 0 Å². The van der Waals surface area contributed by atoms with E-state index in [1.165, 1.54) is 17.1 Å². The van der Waals surface area contributed by atoms with Crippen LogP contribution < -0.4 is 5.32 Å². The molecule has 1 heterocycles.